The monoisotopic (exact) mass is 257 g/mol. The van der Waals surface area contributed by atoms with E-state index in [0.717, 1.165) is 11.1 Å². The van der Waals surface area contributed by atoms with E-state index in [2.05, 4.69) is 4.98 Å². The van der Waals surface area contributed by atoms with Gasteiger partial charge in [0.2, 0.25) is 0 Å². The van der Waals surface area contributed by atoms with Crippen molar-refractivity contribution in [3.05, 3.63) is 59.4 Å². The van der Waals surface area contributed by atoms with Gasteiger partial charge >= 0.3 is 0 Å². The van der Waals surface area contributed by atoms with Gasteiger partial charge in [0.1, 0.15) is 11.4 Å². The van der Waals surface area contributed by atoms with E-state index in [-0.39, 0.29) is 0 Å². The first-order chi connectivity index (χ1) is 9.04. The molecule has 0 saturated heterocycles. The summed E-state index contributed by atoms with van der Waals surface area (Å²) in [6, 6.07) is 9.68. The van der Waals surface area contributed by atoms with Gasteiger partial charge < -0.3 is 9.84 Å². The summed E-state index contributed by atoms with van der Waals surface area (Å²) in [5.74, 6) is 0.674. The summed E-state index contributed by atoms with van der Waals surface area (Å²) in [6.07, 6.45) is 3.32. The number of hydrogen-bond donors (Lipinski definition) is 1. The van der Waals surface area contributed by atoms with Gasteiger partial charge in [0.25, 0.3) is 0 Å². The zero-order valence-electron chi connectivity index (χ0n) is 11.6. The van der Waals surface area contributed by atoms with Crippen LogP contribution >= 0.6 is 0 Å². The van der Waals surface area contributed by atoms with Crippen LogP contribution in [-0.2, 0) is 5.60 Å². The van der Waals surface area contributed by atoms with Crippen LogP contribution < -0.4 is 4.74 Å². The first-order valence-electron chi connectivity index (χ1n) is 6.42. The normalized spacial score (nSPS) is 13.9. The molecule has 0 aliphatic rings. The molecule has 0 aliphatic heterocycles. The molecule has 0 fully saturated rings. The van der Waals surface area contributed by atoms with Gasteiger partial charge in [-0.2, -0.15) is 0 Å². The molecule has 0 saturated carbocycles. The minimum atomic E-state index is -1.08. The van der Waals surface area contributed by atoms with Gasteiger partial charge in [0.15, 0.2) is 0 Å². The van der Waals surface area contributed by atoms with E-state index >= 15 is 0 Å². The average Bonchev–Trinajstić information content (AvgIpc) is 2.40. The molecule has 0 aliphatic carbocycles. The highest BCUT2D eigenvalue weighted by molar-refractivity contribution is 5.37. The SMILES string of the molecule is CCOc1cncc(C(C)(O)c2ccc(C)cc2)c1. The number of aromatic nitrogens is 1. The predicted octanol–water partition coefficient (Wildman–Crippen LogP) is 3.04. The van der Waals surface area contributed by atoms with Crippen LogP contribution in [0.25, 0.3) is 0 Å². The molecular weight excluding hydrogens is 238 g/mol. The second-order valence-corrected chi connectivity index (χ2v) is 4.78. The lowest BCUT2D eigenvalue weighted by molar-refractivity contribution is 0.101. The van der Waals surface area contributed by atoms with Crippen molar-refractivity contribution in [2.24, 2.45) is 0 Å². The fourth-order valence-electron chi connectivity index (χ4n) is 1.98. The fourth-order valence-corrected chi connectivity index (χ4v) is 1.98. The molecule has 3 heteroatoms. The van der Waals surface area contributed by atoms with E-state index < -0.39 is 5.60 Å². The molecule has 1 unspecified atom stereocenters. The Labute approximate surface area is 113 Å². The van der Waals surface area contributed by atoms with Crippen LogP contribution in [0.1, 0.15) is 30.5 Å². The van der Waals surface area contributed by atoms with E-state index in [0.29, 0.717) is 12.4 Å². The maximum atomic E-state index is 10.7. The molecule has 100 valence electrons. The fraction of sp³-hybridized carbons (Fsp3) is 0.312. The van der Waals surface area contributed by atoms with E-state index in [4.69, 9.17) is 4.74 Å². The standard InChI is InChI=1S/C16H19NO2/c1-4-19-15-9-14(10-17-11-15)16(3,18)13-7-5-12(2)6-8-13/h5-11,18H,4H2,1-3H3. The lowest BCUT2D eigenvalue weighted by Crippen LogP contribution is -2.23. The third-order valence-corrected chi connectivity index (χ3v) is 3.20. The summed E-state index contributed by atoms with van der Waals surface area (Å²) in [6.45, 7) is 6.29. The molecule has 1 N–H and O–H groups in total. The van der Waals surface area contributed by atoms with Crippen molar-refractivity contribution in [3.63, 3.8) is 0 Å². The van der Waals surface area contributed by atoms with Gasteiger partial charge in [-0.15, -0.1) is 0 Å². The lowest BCUT2D eigenvalue weighted by atomic mass is 9.89. The second kappa shape index (κ2) is 5.41. The van der Waals surface area contributed by atoms with E-state index in [9.17, 15) is 5.11 Å². The molecule has 1 heterocycles. The third kappa shape index (κ3) is 2.93. The summed E-state index contributed by atoms with van der Waals surface area (Å²) in [7, 11) is 0. The molecule has 0 radical (unpaired) electrons. The Balaban J connectivity index is 2.37. The summed E-state index contributed by atoms with van der Waals surface area (Å²) in [5.41, 5.74) is 1.66. The van der Waals surface area contributed by atoms with Crippen LogP contribution in [0.4, 0.5) is 0 Å². The van der Waals surface area contributed by atoms with E-state index in [1.165, 1.54) is 5.56 Å². The summed E-state index contributed by atoms with van der Waals surface area (Å²) in [4.78, 5) is 4.13. The maximum Gasteiger partial charge on any atom is 0.137 e. The molecule has 0 spiro atoms. The molecule has 1 aromatic carbocycles. The van der Waals surface area contributed by atoms with Crippen LogP contribution in [0.3, 0.4) is 0 Å². The number of aliphatic hydroxyl groups is 1. The van der Waals surface area contributed by atoms with Crippen LogP contribution in [0, 0.1) is 6.92 Å². The number of pyridine rings is 1. The van der Waals surface area contributed by atoms with Gasteiger partial charge in [-0.3, -0.25) is 4.98 Å². The minimum Gasteiger partial charge on any atom is -0.492 e. The van der Waals surface area contributed by atoms with E-state index in [1.54, 1.807) is 19.3 Å². The number of ether oxygens (including phenoxy) is 1. The Bertz CT molecular complexity index is 547. The molecule has 1 aromatic heterocycles. The van der Waals surface area contributed by atoms with Crippen molar-refractivity contribution in [2.45, 2.75) is 26.4 Å². The number of rotatable bonds is 4. The van der Waals surface area contributed by atoms with Gasteiger partial charge in [-0.05, 0) is 32.4 Å². The first-order valence-corrected chi connectivity index (χ1v) is 6.42. The molecule has 2 aromatic rings. The number of nitrogens with zero attached hydrogens (tertiary/aromatic N) is 1. The number of hydrogen-bond acceptors (Lipinski definition) is 3. The topological polar surface area (TPSA) is 42.4 Å². The average molecular weight is 257 g/mol. The summed E-state index contributed by atoms with van der Waals surface area (Å²) in [5, 5.41) is 10.7. The van der Waals surface area contributed by atoms with Gasteiger partial charge in [-0.1, -0.05) is 29.8 Å². The lowest BCUT2D eigenvalue weighted by Gasteiger charge is -2.24. The maximum absolute atomic E-state index is 10.7. The molecule has 0 bridgehead atoms. The van der Waals surface area contributed by atoms with Gasteiger partial charge in [-0.25, -0.2) is 0 Å². The first kappa shape index (κ1) is 13.6. The summed E-state index contributed by atoms with van der Waals surface area (Å²) < 4.78 is 5.42. The Morgan fingerprint density at radius 1 is 1.16 bits per heavy atom. The Morgan fingerprint density at radius 3 is 2.47 bits per heavy atom. The van der Waals surface area contributed by atoms with Crippen molar-refractivity contribution in [2.75, 3.05) is 6.61 Å². The molecule has 2 rings (SSSR count). The Hall–Kier alpha value is -1.87. The number of aryl methyl sites for hydroxylation is 1. The van der Waals surface area contributed by atoms with Crippen molar-refractivity contribution >= 4 is 0 Å². The Kier molecular flexibility index (Phi) is 3.86. The van der Waals surface area contributed by atoms with Crippen molar-refractivity contribution < 1.29 is 9.84 Å². The van der Waals surface area contributed by atoms with Gasteiger partial charge in [0.05, 0.1) is 12.8 Å². The van der Waals surface area contributed by atoms with Gasteiger partial charge in [0, 0.05) is 11.8 Å². The molecule has 0 amide bonds. The summed E-state index contributed by atoms with van der Waals surface area (Å²) >= 11 is 0. The predicted molar refractivity (Wildman–Crippen MR) is 75.3 cm³/mol. The molecule has 1 atom stereocenters. The van der Waals surface area contributed by atoms with Crippen molar-refractivity contribution in [3.8, 4) is 5.75 Å². The van der Waals surface area contributed by atoms with Crippen LogP contribution in [0.15, 0.2) is 42.7 Å². The van der Waals surface area contributed by atoms with Crippen LogP contribution in [0.5, 0.6) is 5.75 Å². The quantitative estimate of drug-likeness (QED) is 0.915. The third-order valence-electron chi connectivity index (χ3n) is 3.20. The highest BCUT2D eigenvalue weighted by atomic mass is 16.5. The zero-order chi connectivity index (χ0) is 13.9. The van der Waals surface area contributed by atoms with Crippen molar-refractivity contribution in [1.82, 2.24) is 4.98 Å². The number of benzene rings is 1. The molecule has 19 heavy (non-hydrogen) atoms. The molecule has 3 nitrogen and oxygen atoms in total. The smallest absolute Gasteiger partial charge is 0.137 e. The highest BCUT2D eigenvalue weighted by Gasteiger charge is 2.26. The highest BCUT2D eigenvalue weighted by Crippen LogP contribution is 2.30. The van der Waals surface area contributed by atoms with E-state index in [1.807, 2.05) is 44.2 Å². The van der Waals surface area contributed by atoms with Crippen molar-refractivity contribution in [1.29, 1.82) is 0 Å². The largest absolute Gasteiger partial charge is 0.492 e. The molecular formula is C16H19NO2. The van der Waals surface area contributed by atoms with Crippen LogP contribution in [-0.4, -0.2) is 16.7 Å². The minimum absolute atomic E-state index is 0.581. The Morgan fingerprint density at radius 2 is 1.84 bits per heavy atom. The van der Waals surface area contributed by atoms with Crippen LogP contribution in [0.2, 0.25) is 0 Å². The second-order valence-electron chi connectivity index (χ2n) is 4.78. The zero-order valence-corrected chi connectivity index (χ0v) is 11.6.